The van der Waals surface area contributed by atoms with Crippen LogP contribution in [0.2, 0.25) is 0 Å². The molecule has 5 heteroatoms. The molecule has 2 aromatic carbocycles. The molecule has 3 aromatic rings. The number of nitrogens with zero attached hydrogens (tertiary/aromatic N) is 1. The number of pyridine rings is 1. The number of aromatic nitrogens is 1. The van der Waals surface area contributed by atoms with E-state index in [0.717, 1.165) is 22.9 Å². The Kier molecular flexibility index (Phi) is 3.50. The van der Waals surface area contributed by atoms with Crippen LogP contribution >= 0.6 is 0 Å². The van der Waals surface area contributed by atoms with E-state index < -0.39 is 11.6 Å². The average molecular weight is 286 g/mol. The Labute approximate surface area is 120 Å². The number of halogens is 2. The summed E-state index contributed by atoms with van der Waals surface area (Å²) in [5, 5.41) is 1.63. The molecule has 0 radical (unpaired) electrons. The maximum atomic E-state index is 13.7. The highest BCUT2D eigenvalue weighted by Crippen LogP contribution is 2.30. The van der Waals surface area contributed by atoms with E-state index in [1.807, 2.05) is 30.3 Å². The first-order chi connectivity index (χ1) is 10.2. The minimum atomic E-state index is -0.779. The van der Waals surface area contributed by atoms with Crippen molar-refractivity contribution in [2.45, 2.75) is 6.54 Å². The van der Waals surface area contributed by atoms with Gasteiger partial charge in [0.15, 0.2) is 11.6 Å². The normalized spacial score (nSPS) is 10.8. The van der Waals surface area contributed by atoms with Crippen LogP contribution in [0.5, 0.6) is 11.6 Å². The van der Waals surface area contributed by atoms with Crippen molar-refractivity contribution in [1.82, 2.24) is 4.98 Å². The summed E-state index contributed by atoms with van der Waals surface area (Å²) in [6, 6.07) is 12.4. The van der Waals surface area contributed by atoms with Crippen molar-refractivity contribution < 1.29 is 13.5 Å². The minimum absolute atomic E-state index is 0.0803. The number of rotatable bonds is 3. The van der Waals surface area contributed by atoms with Gasteiger partial charge in [0.25, 0.3) is 0 Å². The lowest BCUT2D eigenvalue weighted by atomic mass is 10.1. The van der Waals surface area contributed by atoms with Gasteiger partial charge in [0, 0.05) is 18.0 Å². The number of nitrogens with two attached hydrogens (primary N) is 1. The highest BCUT2D eigenvalue weighted by Gasteiger charge is 2.11. The highest BCUT2D eigenvalue weighted by molar-refractivity contribution is 5.87. The average Bonchev–Trinajstić information content (AvgIpc) is 2.49. The van der Waals surface area contributed by atoms with Gasteiger partial charge in [-0.2, -0.15) is 0 Å². The molecule has 3 rings (SSSR count). The molecule has 21 heavy (non-hydrogen) atoms. The zero-order chi connectivity index (χ0) is 14.8. The number of ether oxygens (including phenoxy) is 1. The van der Waals surface area contributed by atoms with E-state index in [0.29, 0.717) is 5.69 Å². The van der Waals surface area contributed by atoms with Gasteiger partial charge < -0.3 is 10.5 Å². The molecule has 2 N–H and O–H groups in total. The molecule has 0 aliphatic carbocycles. The summed E-state index contributed by atoms with van der Waals surface area (Å²) in [6.45, 7) is 0.243. The van der Waals surface area contributed by atoms with E-state index in [9.17, 15) is 8.78 Å². The molecule has 106 valence electrons. The van der Waals surface area contributed by atoms with Crippen molar-refractivity contribution in [1.29, 1.82) is 0 Å². The Morgan fingerprint density at radius 1 is 1.05 bits per heavy atom. The van der Waals surface area contributed by atoms with Gasteiger partial charge in [0.05, 0.1) is 5.69 Å². The fourth-order valence-corrected chi connectivity index (χ4v) is 2.06. The van der Waals surface area contributed by atoms with Crippen LogP contribution in [0, 0.1) is 11.6 Å². The standard InChI is InChI=1S/C16H12F2N2O/c17-11-5-6-15(14(18)8-11)21-16-13-4-2-1-3-10(13)7-12(9-19)20-16/h1-8H,9,19H2. The van der Waals surface area contributed by atoms with Gasteiger partial charge in [0.2, 0.25) is 5.88 Å². The van der Waals surface area contributed by atoms with Crippen LogP contribution in [-0.2, 0) is 6.54 Å². The molecule has 1 heterocycles. The first kappa shape index (κ1) is 13.5. The number of benzene rings is 2. The fraction of sp³-hybridized carbons (Fsp3) is 0.0625. The van der Waals surface area contributed by atoms with Gasteiger partial charge in [0.1, 0.15) is 5.82 Å². The van der Waals surface area contributed by atoms with E-state index in [-0.39, 0.29) is 18.2 Å². The quantitative estimate of drug-likeness (QED) is 0.797. The van der Waals surface area contributed by atoms with Crippen LogP contribution in [0.4, 0.5) is 8.78 Å². The van der Waals surface area contributed by atoms with Gasteiger partial charge in [-0.3, -0.25) is 0 Å². The van der Waals surface area contributed by atoms with Crippen molar-refractivity contribution >= 4 is 10.8 Å². The first-order valence-corrected chi connectivity index (χ1v) is 6.39. The van der Waals surface area contributed by atoms with Crippen LogP contribution in [0.1, 0.15) is 5.69 Å². The molecule has 0 saturated carbocycles. The molecule has 0 aliphatic heterocycles. The molecule has 0 aliphatic rings. The smallest absolute Gasteiger partial charge is 0.227 e. The second-order valence-corrected chi connectivity index (χ2v) is 4.52. The van der Waals surface area contributed by atoms with E-state index in [2.05, 4.69) is 4.98 Å². The molecular formula is C16H12F2N2O. The van der Waals surface area contributed by atoms with Gasteiger partial charge in [-0.05, 0) is 29.7 Å². The van der Waals surface area contributed by atoms with Gasteiger partial charge >= 0.3 is 0 Å². The van der Waals surface area contributed by atoms with E-state index in [1.54, 1.807) is 0 Å². The van der Waals surface area contributed by atoms with Crippen molar-refractivity contribution in [3.05, 3.63) is 65.9 Å². The maximum absolute atomic E-state index is 13.7. The lowest BCUT2D eigenvalue weighted by Crippen LogP contribution is -2.02. The second kappa shape index (κ2) is 5.46. The van der Waals surface area contributed by atoms with Crippen LogP contribution in [0.15, 0.2) is 48.5 Å². The second-order valence-electron chi connectivity index (χ2n) is 4.52. The summed E-state index contributed by atoms with van der Waals surface area (Å²) in [6.07, 6.45) is 0. The molecule has 0 amide bonds. The Bertz CT molecular complexity index is 805. The van der Waals surface area contributed by atoms with Crippen LogP contribution < -0.4 is 10.5 Å². The maximum Gasteiger partial charge on any atom is 0.227 e. The number of hydrogen-bond acceptors (Lipinski definition) is 3. The van der Waals surface area contributed by atoms with Gasteiger partial charge in [-0.25, -0.2) is 13.8 Å². The molecule has 0 atom stereocenters. The van der Waals surface area contributed by atoms with Gasteiger partial charge in [-0.1, -0.05) is 18.2 Å². The van der Waals surface area contributed by atoms with Crippen molar-refractivity contribution in [3.8, 4) is 11.6 Å². The third kappa shape index (κ3) is 2.68. The summed E-state index contributed by atoms with van der Waals surface area (Å²) in [4.78, 5) is 4.27. The summed E-state index contributed by atoms with van der Waals surface area (Å²) in [5.74, 6) is -1.27. The zero-order valence-electron chi connectivity index (χ0n) is 11.0. The molecule has 0 bridgehead atoms. The summed E-state index contributed by atoms with van der Waals surface area (Å²) in [5.41, 5.74) is 6.24. The third-order valence-corrected chi connectivity index (χ3v) is 3.07. The lowest BCUT2D eigenvalue weighted by Gasteiger charge is -2.10. The SMILES string of the molecule is NCc1cc2ccccc2c(Oc2ccc(F)cc2F)n1. The van der Waals surface area contributed by atoms with Crippen molar-refractivity contribution in [2.75, 3.05) is 0 Å². The number of fused-ring (bicyclic) bond motifs is 1. The van der Waals surface area contributed by atoms with Gasteiger partial charge in [-0.15, -0.1) is 0 Å². The Hall–Kier alpha value is -2.53. The van der Waals surface area contributed by atoms with E-state index >= 15 is 0 Å². The van der Waals surface area contributed by atoms with Crippen LogP contribution in [0.25, 0.3) is 10.8 Å². The third-order valence-electron chi connectivity index (χ3n) is 3.07. The monoisotopic (exact) mass is 286 g/mol. The highest BCUT2D eigenvalue weighted by atomic mass is 19.1. The zero-order valence-corrected chi connectivity index (χ0v) is 11.0. The molecule has 0 fully saturated rings. The summed E-state index contributed by atoms with van der Waals surface area (Å²) >= 11 is 0. The van der Waals surface area contributed by atoms with Crippen LogP contribution in [0.3, 0.4) is 0 Å². The largest absolute Gasteiger partial charge is 0.435 e. The molecule has 3 nitrogen and oxygen atoms in total. The van der Waals surface area contributed by atoms with Crippen LogP contribution in [-0.4, -0.2) is 4.98 Å². The predicted octanol–water partition coefficient (Wildman–Crippen LogP) is 3.76. The van der Waals surface area contributed by atoms with E-state index in [4.69, 9.17) is 10.5 Å². The topological polar surface area (TPSA) is 48.1 Å². The Balaban J connectivity index is 2.10. The number of hydrogen-bond donors (Lipinski definition) is 1. The van der Waals surface area contributed by atoms with Crippen molar-refractivity contribution in [2.24, 2.45) is 5.73 Å². The summed E-state index contributed by atoms with van der Waals surface area (Å²) < 4.78 is 32.1. The minimum Gasteiger partial charge on any atom is -0.435 e. The fourth-order valence-electron chi connectivity index (χ4n) is 2.06. The molecular weight excluding hydrogens is 274 g/mol. The van der Waals surface area contributed by atoms with E-state index in [1.165, 1.54) is 6.07 Å². The summed E-state index contributed by atoms with van der Waals surface area (Å²) in [7, 11) is 0. The molecule has 0 saturated heterocycles. The first-order valence-electron chi connectivity index (χ1n) is 6.39. The predicted molar refractivity (Wildman–Crippen MR) is 76.1 cm³/mol. The Morgan fingerprint density at radius 3 is 2.62 bits per heavy atom. The molecule has 0 unspecified atom stereocenters. The Morgan fingerprint density at radius 2 is 1.86 bits per heavy atom. The lowest BCUT2D eigenvalue weighted by molar-refractivity contribution is 0.427. The molecule has 1 aromatic heterocycles. The molecule has 0 spiro atoms. The van der Waals surface area contributed by atoms with Crippen molar-refractivity contribution in [3.63, 3.8) is 0 Å².